The van der Waals surface area contributed by atoms with Gasteiger partial charge in [0.25, 0.3) is 0 Å². The van der Waals surface area contributed by atoms with Crippen molar-refractivity contribution in [1.82, 2.24) is 5.06 Å². The van der Waals surface area contributed by atoms with Crippen LogP contribution < -0.4 is 0 Å². The van der Waals surface area contributed by atoms with Crippen LogP contribution in [-0.2, 0) is 14.3 Å². The molecule has 1 N–H and O–H groups in total. The lowest BCUT2D eigenvalue weighted by Gasteiger charge is -2.25. The van der Waals surface area contributed by atoms with Crippen LogP contribution in [0.3, 0.4) is 0 Å². The molecule has 6 atom stereocenters. The number of hydrogen-bond donors (Lipinski definition) is 1. The fourth-order valence-corrected chi connectivity index (χ4v) is 3.38. The molecule has 7 heteroatoms. The van der Waals surface area contributed by atoms with Gasteiger partial charge in [-0.3, -0.25) is 4.84 Å². The van der Waals surface area contributed by atoms with Crippen molar-refractivity contribution in [2.75, 3.05) is 26.8 Å². The second kappa shape index (κ2) is 7.27. The zero-order valence-corrected chi connectivity index (χ0v) is 13.1. The third-order valence-corrected chi connectivity index (χ3v) is 4.44. The summed E-state index contributed by atoms with van der Waals surface area (Å²) in [5.41, 5.74) is 0. The van der Waals surface area contributed by atoms with Crippen molar-refractivity contribution in [2.24, 2.45) is 11.8 Å². The number of ether oxygens (including phenoxy) is 2. The van der Waals surface area contributed by atoms with E-state index < -0.39 is 0 Å². The molecule has 0 aliphatic carbocycles. The molecule has 2 unspecified atom stereocenters. The van der Waals surface area contributed by atoms with Gasteiger partial charge in [-0.25, -0.2) is 0 Å². The van der Waals surface area contributed by atoms with Crippen LogP contribution in [0.1, 0.15) is 19.8 Å². The van der Waals surface area contributed by atoms with Gasteiger partial charge in [0.1, 0.15) is 15.7 Å². The smallest absolute Gasteiger partial charge is 0.139 e. The number of hydroxylamine groups is 2. The Bertz CT molecular complexity index is 310. The van der Waals surface area contributed by atoms with Gasteiger partial charge in [-0.15, -0.1) is 0 Å². The van der Waals surface area contributed by atoms with Crippen molar-refractivity contribution >= 4 is 15.7 Å². The number of rotatable bonds is 6. The maximum atomic E-state index is 9.33. The summed E-state index contributed by atoms with van der Waals surface area (Å²) < 4.78 is 11.5. The van der Waals surface area contributed by atoms with Gasteiger partial charge in [-0.05, 0) is 18.8 Å². The molecular weight excluding hydrogens is 256 g/mol. The third-order valence-electron chi connectivity index (χ3n) is 4.44. The van der Waals surface area contributed by atoms with E-state index in [2.05, 4.69) is 22.6 Å². The van der Waals surface area contributed by atoms with Crippen molar-refractivity contribution in [3.8, 4) is 0 Å². The molecule has 0 radical (unpaired) electrons. The highest BCUT2D eigenvalue weighted by Gasteiger charge is 2.34. The van der Waals surface area contributed by atoms with Crippen molar-refractivity contribution in [3.63, 3.8) is 0 Å². The van der Waals surface area contributed by atoms with Gasteiger partial charge < -0.3 is 14.6 Å². The van der Waals surface area contributed by atoms with Crippen molar-refractivity contribution < 1.29 is 19.4 Å². The lowest BCUT2D eigenvalue weighted by molar-refractivity contribution is -0.177. The lowest BCUT2D eigenvalue weighted by Crippen LogP contribution is -2.34. The lowest BCUT2D eigenvalue weighted by atomic mass is 9.91. The van der Waals surface area contributed by atoms with Crippen molar-refractivity contribution in [3.05, 3.63) is 0 Å². The number of nitrogens with zero attached hydrogens (tertiary/aromatic N) is 1. The first-order valence-electron chi connectivity index (χ1n) is 7.75. The second-order valence-electron chi connectivity index (χ2n) is 6.47. The van der Waals surface area contributed by atoms with E-state index in [4.69, 9.17) is 14.3 Å². The van der Waals surface area contributed by atoms with Crippen LogP contribution in [0.2, 0.25) is 0 Å². The van der Waals surface area contributed by atoms with E-state index in [-0.39, 0.29) is 24.8 Å². The maximum Gasteiger partial charge on any atom is 0.139 e. The minimum atomic E-state index is -0.0577. The number of hydrogen-bond acceptors (Lipinski definition) is 5. The molecule has 114 valence electrons. The summed E-state index contributed by atoms with van der Waals surface area (Å²) in [6.45, 7) is 3.69. The summed E-state index contributed by atoms with van der Waals surface area (Å²) in [5, 5.41) is 11.2. The average molecular weight is 283 g/mol. The van der Waals surface area contributed by atoms with Crippen molar-refractivity contribution in [2.45, 2.75) is 44.0 Å². The van der Waals surface area contributed by atoms with Crippen LogP contribution in [-0.4, -0.2) is 76.9 Å². The predicted octanol–water partition coefficient (Wildman–Crippen LogP) is -1.41. The molecule has 0 saturated carbocycles. The molecule has 2 fully saturated rings. The summed E-state index contributed by atoms with van der Waals surface area (Å²) in [7, 11) is 6.11. The fourth-order valence-electron chi connectivity index (χ4n) is 3.38. The van der Waals surface area contributed by atoms with E-state index >= 15 is 0 Å². The monoisotopic (exact) mass is 283 g/mol. The van der Waals surface area contributed by atoms with Gasteiger partial charge in [0.05, 0.1) is 25.4 Å². The van der Waals surface area contributed by atoms with Crippen LogP contribution in [0.4, 0.5) is 0 Å². The molecule has 0 aromatic rings. The van der Waals surface area contributed by atoms with Gasteiger partial charge in [0.2, 0.25) is 0 Å². The highest BCUT2D eigenvalue weighted by molar-refractivity contribution is 6.11. The highest BCUT2D eigenvalue weighted by Crippen LogP contribution is 2.27. The van der Waals surface area contributed by atoms with Crippen LogP contribution in [0.25, 0.3) is 0 Å². The van der Waals surface area contributed by atoms with E-state index in [1.807, 2.05) is 12.1 Å². The third kappa shape index (κ3) is 4.21. The van der Waals surface area contributed by atoms with E-state index in [1.165, 1.54) is 0 Å². The fraction of sp³-hybridized carbons (Fsp3) is 1.00. The standard InChI is InChI=1S/C13H27B2NO4/c1-8-3-12(14)20-11(8)7-18-16(2)5-9-4-13(15)19-10(9)6-17/h8-13,17H,3-7,14-15H2,1-2H3/t8?,9?,10-,11-,12-,13-/m1/s1. The zero-order valence-electron chi connectivity index (χ0n) is 13.1. The van der Waals surface area contributed by atoms with Crippen LogP contribution in [0, 0.1) is 11.8 Å². The SMILES string of the molecule is B[C@H]1CC(C)[C@@H](CON(C)CC2C[C@H](B)O[C@@H]2CO)O1. The van der Waals surface area contributed by atoms with E-state index in [1.54, 1.807) is 0 Å². The molecule has 2 saturated heterocycles. The molecule has 2 heterocycles. The molecular formula is C13H27B2NO4. The molecule has 20 heavy (non-hydrogen) atoms. The second-order valence-corrected chi connectivity index (χ2v) is 6.47. The summed E-state index contributed by atoms with van der Waals surface area (Å²) >= 11 is 0. The molecule has 0 aromatic carbocycles. The Kier molecular flexibility index (Phi) is 5.93. The first-order valence-corrected chi connectivity index (χ1v) is 7.75. The number of aliphatic hydroxyl groups excluding tert-OH is 1. The van der Waals surface area contributed by atoms with Gasteiger partial charge in [0.15, 0.2) is 0 Å². The minimum Gasteiger partial charge on any atom is -0.394 e. The molecule has 2 rings (SSSR count). The van der Waals surface area contributed by atoms with Crippen LogP contribution in [0.5, 0.6) is 0 Å². The Hall–Kier alpha value is -0.0701. The molecule has 5 nitrogen and oxygen atoms in total. The topological polar surface area (TPSA) is 51.2 Å². The Morgan fingerprint density at radius 2 is 1.85 bits per heavy atom. The van der Waals surface area contributed by atoms with Gasteiger partial charge >= 0.3 is 0 Å². The highest BCUT2D eigenvalue weighted by atomic mass is 16.7. The summed E-state index contributed by atoms with van der Waals surface area (Å²) in [5.74, 6) is 0.888. The summed E-state index contributed by atoms with van der Waals surface area (Å²) in [6, 6.07) is 0.566. The van der Waals surface area contributed by atoms with Gasteiger partial charge in [0, 0.05) is 31.5 Å². The first-order chi connectivity index (χ1) is 9.49. The Morgan fingerprint density at radius 1 is 1.20 bits per heavy atom. The average Bonchev–Trinajstić information content (AvgIpc) is 2.89. The van der Waals surface area contributed by atoms with E-state index in [0.717, 1.165) is 19.4 Å². The summed E-state index contributed by atoms with van der Waals surface area (Å²) in [4.78, 5) is 5.81. The molecule has 0 amide bonds. The van der Waals surface area contributed by atoms with Crippen LogP contribution >= 0.6 is 0 Å². The quantitative estimate of drug-likeness (QED) is 0.479. The van der Waals surface area contributed by atoms with Gasteiger partial charge in [-0.1, -0.05) is 6.92 Å². The largest absolute Gasteiger partial charge is 0.394 e. The summed E-state index contributed by atoms with van der Waals surface area (Å²) in [6.07, 6.45) is 2.22. The van der Waals surface area contributed by atoms with E-state index in [0.29, 0.717) is 24.4 Å². The zero-order chi connectivity index (χ0) is 14.7. The molecule has 0 aromatic heterocycles. The Morgan fingerprint density at radius 3 is 2.45 bits per heavy atom. The van der Waals surface area contributed by atoms with Gasteiger partial charge in [-0.2, -0.15) is 5.06 Å². The Labute approximate surface area is 123 Å². The number of aliphatic hydroxyl groups is 1. The van der Waals surface area contributed by atoms with Crippen LogP contribution in [0.15, 0.2) is 0 Å². The maximum absolute atomic E-state index is 9.33. The Balaban J connectivity index is 1.71. The minimum absolute atomic E-state index is 0.0577. The normalized spacial score (nSPS) is 41.6. The first kappa shape index (κ1) is 16.3. The molecule has 0 spiro atoms. The predicted molar refractivity (Wildman–Crippen MR) is 82.0 cm³/mol. The molecule has 2 aliphatic rings. The molecule has 2 aliphatic heterocycles. The van der Waals surface area contributed by atoms with Crippen molar-refractivity contribution in [1.29, 1.82) is 0 Å². The van der Waals surface area contributed by atoms with E-state index in [9.17, 15) is 5.11 Å². The molecule has 0 bridgehead atoms.